The van der Waals surface area contributed by atoms with E-state index in [1.54, 1.807) is 31.2 Å². The molecule has 2 aromatic rings. The summed E-state index contributed by atoms with van der Waals surface area (Å²) in [6, 6.07) is 11.8. The molecule has 1 fully saturated rings. The first-order valence-corrected chi connectivity index (χ1v) is 11.9. The van der Waals surface area contributed by atoms with Gasteiger partial charge in [-0.1, -0.05) is 24.3 Å². The lowest BCUT2D eigenvalue weighted by atomic mass is 10.1. The Balaban J connectivity index is 1.52. The number of aliphatic carboxylic acids is 1. The number of fused-ring (bicyclic) bond motifs is 1. The predicted octanol–water partition coefficient (Wildman–Crippen LogP) is 3.42. The topological polar surface area (TPSA) is 87.2 Å². The van der Waals surface area contributed by atoms with Gasteiger partial charge >= 0.3 is 12.3 Å². The van der Waals surface area contributed by atoms with Gasteiger partial charge in [0.25, 0.3) is 0 Å². The fourth-order valence-corrected chi connectivity index (χ4v) is 7.08. The minimum absolute atomic E-state index is 0.134. The lowest BCUT2D eigenvalue weighted by Gasteiger charge is -2.41. The van der Waals surface area contributed by atoms with E-state index >= 15 is 0 Å². The van der Waals surface area contributed by atoms with Crippen molar-refractivity contribution in [3.63, 3.8) is 0 Å². The summed E-state index contributed by atoms with van der Waals surface area (Å²) in [5.74, 6) is -2.54. The molecule has 7 nitrogen and oxygen atoms in total. The van der Waals surface area contributed by atoms with Gasteiger partial charge in [0.2, 0.25) is 10.0 Å². The van der Waals surface area contributed by atoms with Gasteiger partial charge in [0, 0.05) is 31.4 Å². The van der Waals surface area contributed by atoms with E-state index in [1.807, 2.05) is 4.90 Å². The number of sulfonamides is 1. The van der Waals surface area contributed by atoms with Crippen LogP contribution in [0.5, 0.6) is 5.75 Å². The number of hydrogen-bond acceptors (Lipinski definition) is 5. The number of nitrogens with zero attached hydrogens (tertiary/aromatic N) is 2. The predicted molar refractivity (Wildman–Crippen MR) is 114 cm³/mol. The number of piperazine rings is 1. The average Bonchev–Trinajstić information content (AvgIpc) is 3.14. The maximum atomic E-state index is 13.6. The van der Waals surface area contributed by atoms with Crippen LogP contribution < -0.4 is 9.64 Å². The molecule has 0 spiro atoms. The van der Waals surface area contributed by atoms with E-state index in [-0.39, 0.29) is 18.7 Å². The smallest absolute Gasteiger partial charge is 0.481 e. The van der Waals surface area contributed by atoms with Crippen LogP contribution in [0.15, 0.2) is 48.5 Å². The molecule has 4 rings (SSSR count). The van der Waals surface area contributed by atoms with Crippen molar-refractivity contribution in [2.45, 2.75) is 31.0 Å². The Bertz CT molecular complexity index is 1140. The Morgan fingerprint density at radius 3 is 2.36 bits per heavy atom. The summed E-state index contributed by atoms with van der Waals surface area (Å²) in [4.78, 5) is 13.8. The second kappa shape index (κ2) is 8.53. The fourth-order valence-electron chi connectivity index (χ4n) is 4.70. The molecule has 1 aliphatic heterocycles. The number of hydrogen-bond donors (Lipinski definition) is 1. The summed E-state index contributed by atoms with van der Waals surface area (Å²) >= 11 is 0. The normalized spacial score (nSPS) is 23.9. The summed E-state index contributed by atoms with van der Waals surface area (Å²) in [6.07, 6.45) is -4.61. The molecule has 2 aromatic carbocycles. The molecule has 33 heavy (non-hydrogen) atoms. The molecule has 2 aliphatic rings. The van der Waals surface area contributed by atoms with Crippen LogP contribution in [-0.4, -0.2) is 55.8 Å². The largest absolute Gasteiger partial charge is 0.573 e. The summed E-state index contributed by atoms with van der Waals surface area (Å²) in [6.45, 7) is 2.50. The van der Waals surface area contributed by atoms with Gasteiger partial charge in [0.15, 0.2) is 0 Å². The molecule has 0 radical (unpaired) electrons. The molecule has 0 aromatic heterocycles. The lowest BCUT2D eigenvalue weighted by Crippen LogP contribution is -2.55. The molecule has 1 aliphatic carbocycles. The van der Waals surface area contributed by atoms with Gasteiger partial charge in [0.1, 0.15) is 11.0 Å². The lowest BCUT2D eigenvalue weighted by molar-refractivity contribution is -0.274. The van der Waals surface area contributed by atoms with Gasteiger partial charge in [-0.3, -0.25) is 4.79 Å². The van der Waals surface area contributed by atoms with Crippen molar-refractivity contribution in [3.8, 4) is 5.75 Å². The summed E-state index contributed by atoms with van der Waals surface area (Å²) in [5.41, 5.74) is 1.90. The van der Waals surface area contributed by atoms with Crippen molar-refractivity contribution < 1.29 is 36.2 Å². The van der Waals surface area contributed by atoms with Gasteiger partial charge in [0.05, 0.1) is 5.92 Å². The Kier molecular flexibility index (Phi) is 6.04. The SMILES string of the molecule is CC1CN(c2ccc(OC(F)(F)F)cc2)CCN1S(=O)(=O)C1c2ccccc2CC1C(=O)O. The minimum atomic E-state index is -4.78. The zero-order valence-electron chi connectivity index (χ0n) is 17.7. The van der Waals surface area contributed by atoms with E-state index in [0.717, 1.165) is 5.56 Å². The third kappa shape index (κ3) is 4.65. The second-order valence-electron chi connectivity index (χ2n) is 8.26. The van der Waals surface area contributed by atoms with Crippen LogP contribution in [0.4, 0.5) is 18.9 Å². The number of carbonyl (C=O) groups is 1. The third-order valence-electron chi connectivity index (χ3n) is 6.13. The molecule has 0 bridgehead atoms. The van der Waals surface area contributed by atoms with Crippen molar-refractivity contribution in [1.82, 2.24) is 4.31 Å². The first kappa shape index (κ1) is 23.4. The number of alkyl halides is 3. The van der Waals surface area contributed by atoms with Crippen molar-refractivity contribution in [3.05, 3.63) is 59.7 Å². The highest BCUT2D eigenvalue weighted by Crippen LogP contribution is 2.44. The molecule has 11 heteroatoms. The molecular formula is C22H23F3N2O5S. The van der Waals surface area contributed by atoms with Gasteiger partial charge in [-0.2, -0.15) is 4.31 Å². The molecule has 3 unspecified atom stereocenters. The Morgan fingerprint density at radius 2 is 1.76 bits per heavy atom. The van der Waals surface area contributed by atoms with Crippen LogP contribution in [-0.2, 0) is 21.2 Å². The van der Waals surface area contributed by atoms with Crippen LogP contribution in [0.2, 0.25) is 0 Å². The van der Waals surface area contributed by atoms with Crippen molar-refractivity contribution in [2.75, 3.05) is 24.5 Å². The van der Waals surface area contributed by atoms with E-state index in [9.17, 15) is 31.5 Å². The molecule has 1 N–H and O–H groups in total. The molecule has 0 saturated carbocycles. The van der Waals surface area contributed by atoms with E-state index in [2.05, 4.69) is 4.74 Å². The maximum absolute atomic E-state index is 13.6. The minimum Gasteiger partial charge on any atom is -0.481 e. The van der Waals surface area contributed by atoms with E-state index in [1.165, 1.54) is 28.6 Å². The molecule has 3 atom stereocenters. The Labute approximate surface area is 189 Å². The number of halogens is 3. The summed E-state index contributed by atoms with van der Waals surface area (Å²) < 4.78 is 69.6. The maximum Gasteiger partial charge on any atom is 0.573 e. The van der Waals surface area contributed by atoms with Gasteiger partial charge in [-0.05, 0) is 48.7 Å². The fraction of sp³-hybridized carbons (Fsp3) is 0.409. The molecule has 178 valence electrons. The number of ether oxygens (including phenoxy) is 1. The van der Waals surface area contributed by atoms with Crippen LogP contribution in [0.1, 0.15) is 23.3 Å². The van der Waals surface area contributed by atoms with Gasteiger partial charge in [-0.15, -0.1) is 13.2 Å². The Morgan fingerprint density at radius 1 is 1.09 bits per heavy atom. The Hall–Kier alpha value is -2.79. The van der Waals surface area contributed by atoms with Crippen LogP contribution >= 0.6 is 0 Å². The van der Waals surface area contributed by atoms with Crippen LogP contribution in [0.3, 0.4) is 0 Å². The number of carboxylic acids is 1. The zero-order valence-corrected chi connectivity index (χ0v) is 18.5. The average molecular weight is 484 g/mol. The number of anilines is 1. The summed E-state index contributed by atoms with van der Waals surface area (Å²) in [7, 11) is -3.97. The van der Waals surface area contributed by atoms with Crippen LogP contribution in [0, 0.1) is 5.92 Å². The second-order valence-corrected chi connectivity index (χ2v) is 10.3. The zero-order chi connectivity index (χ0) is 24.0. The van der Waals surface area contributed by atoms with E-state index in [4.69, 9.17) is 0 Å². The highest BCUT2D eigenvalue weighted by Gasteiger charge is 2.49. The number of benzene rings is 2. The number of rotatable bonds is 5. The molecule has 1 heterocycles. The van der Waals surface area contributed by atoms with Gasteiger partial charge in [-0.25, -0.2) is 8.42 Å². The summed E-state index contributed by atoms with van der Waals surface area (Å²) in [5, 5.41) is 8.54. The third-order valence-corrected chi connectivity index (χ3v) is 8.55. The standard InChI is InChI=1S/C22H23F3N2O5S/c1-14-13-26(16-6-8-17(9-7-16)32-22(23,24)25)10-11-27(14)33(30,31)20-18-5-3-2-4-15(18)12-19(20)21(28)29/h2-9,14,19-20H,10-13H2,1H3,(H,28,29). The van der Waals surface area contributed by atoms with Crippen molar-refractivity contribution in [2.24, 2.45) is 5.92 Å². The van der Waals surface area contributed by atoms with E-state index < -0.39 is 39.6 Å². The quantitative estimate of drug-likeness (QED) is 0.700. The molecular weight excluding hydrogens is 461 g/mol. The molecule has 1 saturated heterocycles. The molecule has 0 amide bonds. The van der Waals surface area contributed by atoms with Gasteiger partial charge < -0.3 is 14.7 Å². The first-order chi connectivity index (χ1) is 15.5. The van der Waals surface area contributed by atoms with E-state index in [0.29, 0.717) is 24.3 Å². The van der Waals surface area contributed by atoms with Crippen LogP contribution in [0.25, 0.3) is 0 Å². The van der Waals surface area contributed by atoms with Crippen molar-refractivity contribution in [1.29, 1.82) is 0 Å². The highest BCUT2D eigenvalue weighted by molar-refractivity contribution is 7.89. The van der Waals surface area contributed by atoms with Crippen molar-refractivity contribution >= 4 is 21.7 Å². The number of carboxylic acid groups (broad SMARTS) is 1. The monoisotopic (exact) mass is 484 g/mol. The highest BCUT2D eigenvalue weighted by atomic mass is 32.2. The first-order valence-electron chi connectivity index (χ1n) is 10.4.